The first-order valence-electron chi connectivity index (χ1n) is 7.18. The maximum atomic E-state index is 12.3. The molecule has 0 aliphatic heterocycles. The van der Waals surface area contributed by atoms with E-state index in [9.17, 15) is 4.79 Å². The van der Waals surface area contributed by atoms with Crippen LogP contribution in [0.25, 0.3) is 11.1 Å². The second kappa shape index (κ2) is 5.23. The van der Waals surface area contributed by atoms with Gasteiger partial charge < -0.3 is 9.84 Å². The van der Waals surface area contributed by atoms with E-state index >= 15 is 0 Å². The number of hydrogen-bond donors (Lipinski definition) is 1. The van der Waals surface area contributed by atoms with E-state index in [-0.39, 0.29) is 11.9 Å². The molecule has 106 valence electrons. The number of aryl methyl sites for hydroxylation is 1. The van der Waals surface area contributed by atoms with Crippen LogP contribution in [0.4, 0.5) is 0 Å². The van der Waals surface area contributed by atoms with Gasteiger partial charge >= 0.3 is 0 Å². The highest BCUT2D eigenvalue weighted by Gasteiger charge is 2.23. The summed E-state index contributed by atoms with van der Waals surface area (Å²) in [5.74, 6) is 0.487. The quantitative estimate of drug-likeness (QED) is 0.913. The Hall–Kier alpha value is -1.91. The molecule has 0 bridgehead atoms. The van der Waals surface area contributed by atoms with Crippen LogP contribution in [0, 0.1) is 12.8 Å². The molecule has 0 aromatic carbocycles. The minimum atomic E-state index is -0.0567. The highest BCUT2D eigenvalue weighted by Crippen LogP contribution is 2.24. The maximum Gasteiger partial charge on any atom is 0.257 e. The summed E-state index contributed by atoms with van der Waals surface area (Å²) in [6.07, 6.45) is 6.26. The number of carbonyl (C=O) groups is 1. The molecule has 0 spiro atoms. The number of fused-ring (bicyclic) bond motifs is 1. The number of nitrogens with one attached hydrogen (secondary N) is 1. The SMILES string of the molecule is Cc1noc2ncc(C(=O)NC3CCCCC3C)cc12. The predicted molar refractivity (Wildman–Crippen MR) is 75.4 cm³/mol. The fraction of sp³-hybridized carbons (Fsp3) is 0.533. The van der Waals surface area contributed by atoms with Gasteiger partial charge in [-0.05, 0) is 31.7 Å². The first kappa shape index (κ1) is 13.1. The van der Waals surface area contributed by atoms with Crippen molar-refractivity contribution in [1.29, 1.82) is 0 Å². The first-order chi connectivity index (χ1) is 9.65. The Kier molecular flexibility index (Phi) is 3.42. The maximum absolute atomic E-state index is 12.3. The fourth-order valence-electron chi connectivity index (χ4n) is 2.85. The first-order valence-corrected chi connectivity index (χ1v) is 7.18. The lowest BCUT2D eigenvalue weighted by Crippen LogP contribution is -2.41. The van der Waals surface area contributed by atoms with E-state index in [0.717, 1.165) is 17.5 Å². The van der Waals surface area contributed by atoms with E-state index in [2.05, 4.69) is 22.4 Å². The van der Waals surface area contributed by atoms with Crippen LogP contribution in [0.15, 0.2) is 16.8 Å². The van der Waals surface area contributed by atoms with Gasteiger partial charge in [-0.15, -0.1) is 0 Å². The molecule has 5 heteroatoms. The number of aromatic nitrogens is 2. The smallest absolute Gasteiger partial charge is 0.257 e. The Morgan fingerprint density at radius 1 is 1.40 bits per heavy atom. The van der Waals surface area contributed by atoms with Crippen LogP contribution in [0.1, 0.15) is 48.7 Å². The topological polar surface area (TPSA) is 68.0 Å². The summed E-state index contributed by atoms with van der Waals surface area (Å²) < 4.78 is 5.06. The zero-order valence-corrected chi connectivity index (χ0v) is 11.8. The Bertz CT molecular complexity index is 635. The average molecular weight is 273 g/mol. The van der Waals surface area contributed by atoms with Gasteiger partial charge in [0.05, 0.1) is 16.6 Å². The van der Waals surface area contributed by atoms with E-state index in [1.165, 1.54) is 19.3 Å². The Balaban J connectivity index is 1.79. The summed E-state index contributed by atoms with van der Waals surface area (Å²) >= 11 is 0. The minimum absolute atomic E-state index is 0.0567. The van der Waals surface area contributed by atoms with Crippen molar-refractivity contribution in [3.05, 3.63) is 23.5 Å². The molecule has 5 nitrogen and oxygen atoms in total. The molecule has 1 aliphatic rings. The van der Waals surface area contributed by atoms with Crippen molar-refractivity contribution in [2.24, 2.45) is 5.92 Å². The summed E-state index contributed by atoms with van der Waals surface area (Å²) in [5.41, 5.74) is 1.81. The van der Waals surface area contributed by atoms with Gasteiger partial charge in [0.15, 0.2) is 0 Å². The molecule has 1 saturated carbocycles. The highest BCUT2D eigenvalue weighted by atomic mass is 16.5. The van der Waals surface area contributed by atoms with Gasteiger partial charge in [-0.25, -0.2) is 4.98 Å². The minimum Gasteiger partial charge on any atom is -0.349 e. The van der Waals surface area contributed by atoms with Crippen molar-refractivity contribution in [3.63, 3.8) is 0 Å². The number of amides is 1. The van der Waals surface area contributed by atoms with Gasteiger partial charge in [0.2, 0.25) is 0 Å². The van der Waals surface area contributed by atoms with E-state index < -0.39 is 0 Å². The van der Waals surface area contributed by atoms with Crippen LogP contribution < -0.4 is 5.32 Å². The average Bonchev–Trinajstić information content (AvgIpc) is 2.82. The fourth-order valence-corrected chi connectivity index (χ4v) is 2.85. The summed E-state index contributed by atoms with van der Waals surface area (Å²) in [6, 6.07) is 2.08. The van der Waals surface area contributed by atoms with Crippen LogP contribution in [0.5, 0.6) is 0 Å². The van der Waals surface area contributed by atoms with E-state index in [1.54, 1.807) is 12.3 Å². The van der Waals surface area contributed by atoms with Crippen LogP contribution in [-0.2, 0) is 0 Å². The molecule has 1 amide bonds. The van der Waals surface area contributed by atoms with Crippen molar-refractivity contribution >= 4 is 17.0 Å². The Labute approximate surface area is 117 Å². The van der Waals surface area contributed by atoms with Crippen molar-refractivity contribution in [3.8, 4) is 0 Å². The van der Waals surface area contributed by atoms with Gasteiger partial charge in [0.1, 0.15) is 0 Å². The van der Waals surface area contributed by atoms with Gasteiger partial charge in [-0.1, -0.05) is 24.9 Å². The standard InChI is InChI=1S/C15H19N3O2/c1-9-5-3-4-6-13(9)17-14(19)11-7-12-10(2)18-20-15(12)16-8-11/h7-9,13H,3-6H2,1-2H3,(H,17,19). The van der Waals surface area contributed by atoms with Gasteiger partial charge in [0, 0.05) is 12.2 Å². The molecule has 2 aromatic rings. The second-order valence-electron chi connectivity index (χ2n) is 5.69. The molecule has 1 aliphatic carbocycles. The van der Waals surface area contributed by atoms with Gasteiger partial charge in [-0.2, -0.15) is 0 Å². The summed E-state index contributed by atoms with van der Waals surface area (Å²) in [6.45, 7) is 4.05. The van der Waals surface area contributed by atoms with Crippen LogP contribution in [-0.4, -0.2) is 22.1 Å². The van der Waals surface area contributed by atoms with Gasteiger partial charge in [0.25, 0.3) is 11.6 Å². The number of hydrogen-bond acceptors (Lipinski definition) is 4. The third-order valence-electron chi connectivity index (χ3n) is 4.20. The molecular weight excluding hydrogens is 254 g/mol. The lowest BCUT2D eigenvalue weighted by atomic mass is 9.86. The summed E-state index contributed by atoms with van der Waals surface area (Å²) in [5, 5.41) is 7.79. The highest BCUT2D eigenvalue weighted by molar-refractivity contribution is 5.97. The molecule has 2 aromatic heterocycles. The Morgan fingerprint density at radius 2 is 2.20 bits per heavy atom. The van der Waals surface area contributed by atoms with E-state index in [0.29, 0.717) is 17.2 Å². The molecule has 1 N–H and O–H groups in total. The molecule has 2 heterocycles. The summed E-state index contributed by atoms with van der Waals surface area (Å²) in [7, 11) is 0. The molecule has 1 fully saturated rings. The number of nitrogens with zero attached hydrogens (tertiary/aromatic N) is 2. The van der Waals surface area contributed by atoms with Crippen molar-refractivity contribution in [1.82, 2.24) is 15.5 Å². The van der Waals surface area contributed by atoms with Crippen molar-refractivity contribution in [2.75, 3.05) is 0 Å². The van der Waals surface area contributed by atoms with Crippen LogP contribution in [0.2, 0.25) is 0 Å². The van der Waals surface area contributed by atoms with Gasteiger partial charge in [-0.3, -0.25) is 4.79 Å². The predicted octanol–water partition coefficient (Wildman–Crippen LogP) is 2.84. The van der Waals surface area contributed by atoms with Crippen molar-refractivity contribution < 1.29 is 9.32 Å². The normalized spacial score (nSPS) is 22.9. The molecule has 0 radical (unpaired) electrons. The van der Waals surface area contributed by atoms with Crippen molar-refractivity contribution in [2.45, 2.75) is 45.6 Å². The van der Waals surface area contributed by atoms with Crippen LogP contribution in [0.3, 0.4) is 0 Å². The zero-order valence-electron chi connectivity index (χ0n) is 11.8. The Morgan fingerprint density at radius 3 is 3.00 bits per heavy atom. The third kappa shape index (κ3) is 2.40. The zero-order chi connectivity index (χ0) is 14.1. The second-order valence-corrected chi connectivity index (χ2v) is 5.69. The lowest BCUT2D eigenvalue weighted by Gasteiger charge is -2.29. The molecule has 2 atom stereocenters. The lowest BCUT2D eigenvalue weighted by molar-refractivity contribution is 0.0910. The number of pyridine rings is 1. The molecule has 2 unspecified atom stereocenters. The van der Waals surface area contributed by atoms with E-state index in [1.807, 2.05) is 6.92 Å². The summed E-state index contributed by atoms with van der Waals surface area (Å²) in [4.78, 5) is 16.5. The largest absolute Gasteiger partial charge is 0.349 e. The monoisotopic (exact) mass is 273 g/mol. The van der Waals surface area contributed by atoms with Crippen LogP contribution >= 0.6 is 0 Å². The number of carbonyl (C=O) groups excluding carboxylic acids is 1. The van der Waals surface area contributed by atoms with E-state index in [4.69, 9.17) is 4.52 Å². The number of rotatable bonds is 2. The third-order valence-corrected chi connectivity index (χ3v) is 4.20. The molecule has 0 saturated heterocycles. The molecular formula is C15H19N3O2. The molecule has 20 heavy (non-hydrogen) atoms. The molecule has 3 rings (SSSR count).